The predicted molar refractivity (Wildman–Crippen MR) is 48.2 cm³/mol. The lowest BCUT2D eigenvalue weighted by atomic mass is 9.93. The maximum atomic E-state index is 8.42. The molecule has 3 heteroatoms. The molecule has 0 aromatic carbocycles. The van der Waals surface area contributed by atoms with Crippen LogP contribution < -0.4 is 5.32 Å². The smallest absolute Gasteiger partial charge is 0.0697 e. The van der Waals surface area contributed by atoms with Crippen molar-refractivity contribution in [3.05, 3.63) is 0 Å². The number of aliphatic hydroxyl groups excluding tert-OH is 1. The molecule has 0 bridgehead atoms. The van der Waals surface area contributed by atoms with Crippen molar-refractivity contribution in [3.8, 4) is 0 Å². The van der Waals surface area contributed by atoms with Crippen LogP contribution in [-0.2, 0) is 4.74 Å². The van der Waals surface area contributed by atoms with E-state index in [0.29, 0.717) is 6.61 Å². The summed E-state index contributed by atoms with van der Waals surface area (Å²) in [7, 11) is 0. The Morgan fingerprint density at radius 3 is 2.75 bits per heavy atom. The minimum atomic E-state index is 0.135. The molecule has 2 N–H and O–H groups in total. The highest BCUT2D eigenvalue weighted by atomic mass is 16.5. The molecule has 72 valence electrons. The van der Waals surface area contributed by atoms with Gasteiger partial charge in [0.1, 0.15) is 0 Å². The van der Waals surface area contributed by atoms with Crippen molar-refractivity contribution in [2.75, 3.05) is 26.4 Å². The molecular weight excluding hydrogens is 154 g/mol. The van der Waals surface area contributed by atoms with Crippen LogP contribution >= 0.6 is 0 Å². The molecule has 1 fully saturated rings. The maximum Gasteiger partial charge on any atom is 0.0697 e. The van der Waals surface area contributed by atoms with Crippen molar-refractivity contribution >= 4 is 0 Å². The Morgan fingerprint density at radius 1 is 1.33 bits per heavy atom. The lowest BCUT2D eigenvalue weighted by molar-refractivity contribution is 0.0899. The van der Waals surface area contributed by atoms with Crippen molar-refractivity contribution < 1.29 is 9.84 Å². The first-order valence-corrected chi connectivity index (χ1v) is 4.85. The van der Waals surface area contributed by atoms with E-state index in [1.807, 2.05) is 0 Å². The molecule has 0 saturated heterocycles. The quantitative estimate of drug-likeness (QED) is 0.552. The first kappa shape index (κ1) is 9.96. The predicted octanol–water partition coefficient (Wildman–Crippen LogP) is 0.527. The van der Waals surface area contributed by atoms with E-state index in [2.05, 4.69) is 5.32 Å². The molecular formula is C9H19NO2. The summed E-state index contributed by atoms with van der Waals surface area (Å²) in [5, 5.41) is 11.9. The monoisotopic (exact) mass is 173 g/mol. The molecule has 12 heavy (non-hydrogen) atoms. The Morgan fingerprint density at radius 2 is 2.17 bits per heavy atom. The lowest BCUT2D eigenvalue weighted by Crippen LogP contribution is -2.35. The van der Waals surface area contributed by atoms with Gasteiger partial charge in [-0.15, -0.1) is 0 Å². The van der Waals surface area contributed by atoms with E-state index in [4.69, 9.17) is 9.84 Å². The van der Waals surface area contributed by atoms with Crippen LogP contribution in [0.3, 0.4) is 0 Å². The van der Waals surface area contributed by atoms with Gasteiger partial charge in [-0.2, -0.15) is 0 Å². The van der Waals surface area contributed by atoms with Gasteiger partial charge in [0, 0.05) is 12.6 Å². The number of nitrogens with one attached hydrogen (secondary N) is 1. The van der Waals surface area contributed by atoms with Gasteiger partial charge in [0.25, 0.3) is 0 Å². The minimum Gasteiger partial charge on any atom is -0.394 e. The van der Waals surface area contributed by atoms with E-state index >= 15 is 0 Å². The van der Waals surface area contributed by atoms with Gasteiger partial charge in [0.2, 0.25) is 0 Å². The highest BCUT2D eigenvalue weighted by Gasteiger charge is 2.15. The van der Waals surface area contributed by atoms with E-state index in [1.165, 1.54) is 19.3 Å². The highest BCUT2D eigenvalue weighted by molar-refractivity contribution is 4.75. The standard InChI is InChI=1S/C9H19NO2/c11-6-8-12-7-2-5-10-9-3-1-4-9/h9-11H,1-8H2. The van der Waals surface area contributed by atoms with Crippen LogP contribution in [0.25, 0.3) is 0 Å². The molecule has 0 amide bonds. The average Bonchev–Trinajstić information content (AvgIpc) is 2.00. The number of rotatable bonds is 7. The summed E-state index contributed by atoms with van der Waals surface area (Å²) in [5.41, 5.74) is 0. The van der Waals surface area contributed by atoms with E-state index < -0.39 is 0 Å². The van der Waals surface area contributed by atoms with Gasteiger partial charge in [0.15, 0.2) is 0 Å². The van der Waals surface area contributed by atoms with E-state index in [9.17, 15) is 0 Å². The lowest BCUT2D eigenvalue weighted by Gasteiger charge is -2.26. The average molecular weight is 173 g/mol. The normalized spacial score (nSPS) is 17.8. The van der Waals surface area contributed by atoms with Crippen LogP contribution in [0.5, 0.6) is 0 Å². The molecule has 0 heterocycles. The molecule has 0 aromatic rings. The molecule has 3 nitrogen and oxygen atoms in total. The minimum absolute atomic E-state index is 0.135. The second kappa shape index (κ2) is 6.40. The molecule has 1 rings (SSSR count). The van der Waals surface area contributed by atoms with Crippen molar-refractivity contribution in [1.82, 2.24) is 5.32 Å². The number of hydrogen-bond donors (Lipinski definition) is 2. The molecule has 0 spiro atoms. The topological polar surface area (TPSA) is 41.5 Å². The van der Waals surface area contributed by atoms with Crippen molar-refractivity contribution in [1.29, 1.82) is 0 Å². The Kier molecular flexibility index (Phi) is 5.32. The number of hydrogen-bond acceptors (Lipinski definition) is 3. The van der Waals surface area contributed by atoms with Gasteiger partial charge >= 0.3 is 0 Å². The summed E-state index contributed by atoms with van der Waals surface area (Å²) >= 11 is 0. The Balaban J connectivity index is 1.70. The van der Waals surface area contributed by atoms with Crippen LogP contribution in [0.15, 0.2) is 0 Å². The summed E-state index contributed by atoms with van der Waals surface area (Å²) < 4.78 is 5.13. The fourth-order valence-corrected chi connectivity index (χ4v) is 1.26. The fourth-order valence-electron chi connectivity index (χ4n) is 1.26. The summed E-state index contributed by atoms with van der Waals surface area (Å²) in [6.07, 6.45) is 5.13. The largest absolute Gasteiger partial charge is 0.394 e. The summed E-state index contributed by atoms with van der Waals surface area (Å²) in [4.78, 5) is 0. The third-order valence-electron chi connectivity index (χ3n) is 2.24. The zero-order valence-corrected chi connectivity index (χ0v) is 7.59. The first-order chi connectivity index (χ1) is 5.93. The van der Waals surface area contributed by atoms with Gasteiger partial charge in [-0.25, -0.2) is 0 Å². The molecule has 0 atom stereocenters. The summed E-state index contributed by atoms with van der Waals surface area (Å²) in [6.45, 7) is 2.43. The molecule has 0 aliphatic heterocycles. The SMILES string of the molecule is OCCOCCCNC1CCC1. The van der Waals surface area contributed by atoms with Crippen LogP contribution in [0.4, 0.5) is 0 Å². The van der Waals surface area contributed by atoms with Gasteiger partial charge in [-0.05, 0) is 25.8 Å². The van der Waals surface area contributed by atoms with Crippen LogP contribution in [0.2, 0.25) is 0 Å². The van der Waals surface area contributed by atoms with Gasteiger partial charge < -0.3 is 15.2 Å². The number of aliphatic hydroxyl groups is 1. The van der Waals surface area contributed by atoms with Gasteiger partial charge in [-0.3, -0.25) is 0 Å². The van der Waals surface area contributed by atoms with Crippen LogP contribution in [0, 0.1) is 0 Å². The molecule has 0 unspecified atom stereocenters. The van der Waals surface area contributed by atoms with Crippen molar-refractivity contribution in [3.63, 3.8) is 0 Å². The molecule has 1 saturated carbocycles. The third-order valence-corrected chi connectivity index (χ3v) is 2.24. The Labute approximate surface area is 74.1 Å². The first-order valence-electron chi connectivity index (χ1n) is 4.85. The van der Waals surface area contributed by atoms with E-state index in [0.717, 1.165) is 25.6 Å². The third kappa shape index (κ3) is 4.04. The fraction of sp³-hybridized carbons (Fsp3) is 1.00. The van der Waals surface area contributed by atoms with Crippen LogP contribution in [-0.4, -0.2) is 37.5 Å². The Hall–Kier alpha value is -0.120. The summed E-state index contributed by atoms with van der Waals surface area (Å²) in [6, 6.07) is 0.780. The molecule has 0 aromatic heterocycles. The molecule has 1 aliphatic carbocycles. The second-order valence-corrected chi connectivity index (χ2v) is 3.27. The van der Waals surface area contributed by atoms with E-state index in [1.54, 1.807) is 0 Å². The highest BCUT2D eigenvalue weighted by Crippen LogP contribution is 2.17. The number of ether oxygens (including phenoxy) is 1. The summed E-state index contributed by atoms with van der Waals surface area (Å²) in [5.74, 6) is 0. The van der Waals surface area contributed by atoms with Crippen LogP contribution in [0.1, 0.15) is 25.7 Å². The van der Waals surface area contributed by atoms with Crippen molar-refractivity contribution in [2.45, 2.75) is 31.7 Å². The van der Waals surface area contributed by atoms with Gasteiger partial charge in [-0.1, -0.05) is 6.42 Å². The van der Waals surface area contributed by atoms with Crippen molar-refractivity contribution in [2.24, 2.45) is 0 Å². The zero-order valence-electron chi connectivity index (χ0n) is 7.59. The Bertz CT molecular complexity index is 105. The zero-order chi connectivity index (χ0) is 8.65. The molecule has 0 radical (unpaired) electrons. The maximum absolute atomic E-state index is 8.42. The second-order valence-electron chi connectivity index (χ2n) is 3.27. The van der Waals surface area contributed by atoms with Gasteiger partial charge in [0.05, 0.1) is 13.2 Å². The van der Waals surface area contributed by atoms with E-state index in [-0.39, 0.29) is 6.61 Å². The molecule has 1 aliphatic rings.